The maximum absolute atomic E-state index is 12.1. The van der Waals surface area contributed by atoms with Gasteiger partial charge in [0, 0.05) is 11.3 Å². The average Bonchev–Trinajstić information content (AvgIpc) is 2.65. The second-order valence-corrected chi connectivity index (χ2v) is 4.92. The number of imide groups is 1. The van der Waals surface area contributed by atoms with Crippen LogP contribution in [0.2, 0.25) is 0 Å². The summed E-state index contributed by atoms with van der Waals surface area (Å²) in [5, 5.41) is 2.28. The molecule has 0 aliphatic carbocycles. The lowest BCUT2D eigenvalue weighted by Gasteiger charge is -2.13. The van der Waals surface area contributed by atoms with Crippen LogP contribution < -0.4 is 10.2 Å². The molecule has 2 atom stereocenters. The van der Waals surface area contributed by atoms with E-state index in [4.69, 9.17) is 23.2 Å². The number of carbonyl (C=O) groups is 2. The third-order valence-electron chi connectivity index (χ3n) is 2.69. The van der Waals surface area contributed by atoms with Crippen LogP contribution in [0, 0.1) is 0 Å². The van der Waals surface area contributed by atoms with E-state index in [9.17, 15) is 9.59 Å². The molecule has 2 rings (SSSR count). The lowest BCUT2D eigenvalue weighted by molar-refractivity contribution is -0.118. The predicted octanol–water partition coefficient (Wildman–Crippen LogP) is 2.35. The van der Waals surface area contributed by atoms with E-state index in [0.717, 1.165) is 4.90 Å². The number of hydrogen-bond acceptors (Lipinski definition) is 2. The summed E-state index contributed by atoms with van der Waals surface area (Å²) in [4.78, 5) is 25.0. The van der Waals surface area contributed by atoms with E-state index < -0.39 is 12.1 Å². The zero-order chi connectivity index (χ0) is 13.1. The predicted molar refractivity (Wildman–Crippen MR) is 71.2 cm³/mol. The third kappa shape index (κ3) is 2.60. The van der Waals surface area contributed by atoms with Gasteiger partial charge >= 0.3 is 6.03 Å². The average molecular weight is 287 g/mol. The first kappa shape index (κ1) is 13.2. The molecular weight excluding hydrogens is 275 g/mol. The van der Waals surface area contributed by atoms with Crippen molar-refractivity contribution in [3.63, 3.8) is 0 Å². The number of anilines is 1. The molecule has 0 bridgehead atoms. The molecule has 18 heavy (non-hydrogen) atoms. The molecule has 1 heterocycles. The van der Waals surface area contributed by atoms with E-state index in [-0.39, 0.29) is 17.2 Å². The van der Waals surface area contributed by atoms with E-state index in [0.29, 0.717) is 12.1 Å². The Hall–Kier alpha value is -1.26. The molecule has 1 aliphatic heterocycles. The van der Waals surface area contributed by atoms with Crippen LogP contribution in [0.25, 0.3) is 0 Å². The fraction of sp³-hybridized carbons (Fsp3) is 0.333. The standard InChI is InChI=1S/C12H12Cl2N2O2/c13-7-8(14)6-10-11(17)16(12(18)15-10)9-4-2-1-3-5-9/h1-5,8,10H,6-7H2,(H,15,18). The summed E-state index contributed by atoms with van der Waals surface area (Å²) < 4.78 is 0. The maximum atomic E-state index is 12.1. The van der Waals surface area contributed by atoms with Crippen LogP contribution in [0.1, 0.15) is 6.42 Å². The molecule has 0 saturated carbocycles. The number of carbonyl (C=O) groups excluding carboxylic acids is 2. The highest BCUT2D eigenvalue weighted by atomic mass is 35.5. The second kappa shape index (κ2) is 5.59. The Morgan fingerprint density at radius 2 is 1.94 bits per heavy atom. The van der Waals surface area contributed by atoms with Crippen molar-refractivity contribution in [1.82, 2.24) is 5.32 Å². The molecule has 2 unspecified atom stereocenters. The molecule has 0 aromatic heterocycles. The van der Waals surface area contributed by atoms with Crippen molar-refractivity contribution in [2.24, 2.45) is 0 Å². The quantitative estimate of drug-likeness (QED) is 0.682. The van der Waals surface area contributed by atoms with Gasteiger partial charge in [0.15, 0.2) is 0 Å². The van der Waals surface area contributed by atoms with Crippen molar-refractivity contribution < 1.29 is 9.59 Å². The highest BCUT2D eigenvalue weighted by Gasteiger charge is 2.39. The number of benzene rings is 1. The van der Waals surface area contributed by atoms with Crippen LogP contribution in [-0.4, -0.2) is 29.2 Å². The second-order valence-electron chi connectivity index (χ2n) is 4.00. The van der Waals surface area contributed by atoms with Crippen molar-refractivity contribution in [3.8, 4) is 0 Å². The smallest absolute Gasteiger partial charge is 0.325 e. The molecule has 1 aliphatic rings. The molecule has 4 nitrogen and oxygen atoms in total. The summed E-state index contributed by atoms with van der Waals surface area (Å²) in [6, 6.07) is 7.76. The van der Waals surface area contributed by atoms with Crippen LogP contribution in [0.15, 0.2) is 30.3 Å². The van der Waals surface area contributed by atoms with Crippen molar-refractivity contribution >= 4 is 40.8 Å². The van der Waals surface area contributed by atoms with Gasteiger partial charge in [0.05, 0.1) is 5.69 Å². The summed E-state index contributed by atoms with van der Waals surface area (Å²) in [6.07, 6.45) is 0.332. The number of urea groups is 1. The molecule has 1 aromatic carbocycles. The topological polar surface area (TPSA) is 49.4 Å². The Kier molecular flexibility index (Phi) is 4.09. The zero-order valence-corrected chi connectivity index (χ0v) is 11.0. The van der Waals surface area contributed by atoms with E-state index in [1.54, 1.807) is 24.3 Å². The minimum atomic E-state index is -0.598. The Bertz CT molecular complexity index is 453. The van der Waals surface area contributed by atoms with Crippen molar-refractivity contribution in [2.75, 3.05) is 10.8 Å². The fourth-order valence-electron chi connectivity index (χ4n) is 1.83. The van der Waals surface area contributed by atoms with Crippen molar-refractivity contribution in [1.29, 1.82) is 0 Å². The first-order chi connectivity index (χ1) is 8.63. The van der Waals surface area contributed by atoms with Gasteiger partial charge in [-0.3, -0.25) is 4.79 Å². The van der Waals surface area contributed by atoms with Gasteiger partial charge in [0.1, 0.15) is 6.04 Å². The van der Waals surface area contributed by atoms with Gasteiger partial charge in [-0.05, 0) is 18.6 Å². The van der Waals surface area contributed by atoms with Crippen LogP contribution in [0.5, 0.6) is 0 Å². The van der Waals surface area contributed by atoms with Gasteiger partial charge in [-0.1, -0.05) is 18.2 Å². The summed E-state index contributed by atoms with van der Waals surface area (Å²) >= 11 is 11.5. The van der Waals surface area contributed by atoms with Gasteiger partial charge in [-0.25, -0.2) is 9.69 Å². The molecule has 0 radical (unpaired) electrons. The molecule has 6 heteroatoms. The van der Waals surface area contributed by atoms with E-state index in [1.165, 1.54) is 0 Å². The van der Waals surface area contributed by atoms with Crippen LogP contribution in [-0.2, 0) is 4.79 Å². The summed E-state index contributed by atoms with van der Waals surface area (Å²) in [5.41, 5.74) is 0.555. The summed E-state index contributed by atoms with van der Waals surface area (Å²) in [7, 11) is 0. The molecule has 1 fully saturated rings. The first-order valence-corrected chi connectivity index (χ1v) is 6.50. The number of nitrogens with one attached hydrogen (secondary N) is 1. The number of amides is 3. The van der Waals surface area contributed by atoms with E-state index >= 15 is 0 Å². The molecule has 3 amide bonds. The van der Waals surface area contributed by atoms with Crippen LogP contribution >= 0.6 is 23.2 Å². The van der Waals surface area contributed by atoms with E-state index in [2.05, 4.69) is 5.32 Å². The lowest BCUT2D eigenvalue weighted by atomic mass is 10.1. The van der Waals surface area contributed by atoms with Gasteiger partial charge in [0.2, 0.25) is 0 Å². The Morgan fingerprint density at radius 1 is 1.28 bits per heavy atom. The molecule has 1 N–H and O–H groups in total. The molecule has 1 saturated heterocycles. The van der Waals surface area contributed by atoms with Gasteiger partial charge in [-0.2, -0.15) is 0 Å². The maximum Gasteiger partial charge on any atom is 0.329 e. The number of rotatable bonds is 4. The third-order valence-corrected chi connectivity index (χ3v) is 3.56. The highest BCUT2D eigenvalue weighted by molar-refractivity contribution is 6.28. The number of nitrogens with zero attached hydrogens (tertiary/aromatic N) is 1. The van der Waals surface area contributed by atoms with E-state index in [1.807, 2.05) is 6.07 Å². The van der Waals surface area contributed by atoms with Crippen LogP contribution in [0.4, 0.5) is 10.5 Å². The Balaban J connectivity index is 2.15. The van der Waals surface area contributed by atoms with Gasteiger partial charge in [-0.15, -0.1) is 23.2 Å². The Morgan fingerprint density at radius 3 is 2.56 bits per heavy atom. The first-order valence-electron chi connectivity index (χ1n) is 5.53. The molecule has 1 aromatic rings. The minimum Gasteiger partial charge on any atom is -0.325 e. The molecule has 0 spiro atoms. The summed E-state index contributed by atoms with van der Waals surface area (Å²) in [5.74, 6) is -0.0472. The number of hydrogen-bond donors (Lipinski definition) is 1. The molecular formula is C12H12Cl2N2O2. The lowest BCUT2D eigenvalue weighted by Crippen LogP contribution is -2.33. The number of para-hydroxylation sites is 1. The Labute approximate surface area is 115 Å². The zero-order valence-electron chi connectivity index (χ0n) is 9.48. The van der Waals surface area contributed by atoms with Gasteiger partial charge < -0.3 is 5.32 Å². The normalized spacial score (nSPS) is 21.0. The monoisotopic (exact) mass is 286 g/mol. The number of halogens is 2. The van der Waals surface area contributed by atoms with Crippen molar-refractivity contribution in [3.05, 3.63) is 30.3 Å². The van der Waals surface area contributed by atoms with Gasteiger partial charge in [0.25, 0.3) is 5.91 Å². The van der Waals surface area contributed by atoms with Crippen LogP contribution in [0.3, 0.4) is 0 Å². The highest BCUT2D eigenvalue weighted by Crippen LogP contribution is 2.21. The number of alkyl halides is 2. The minimum absolute atomic E-state index is 0.243. The molecule has 96 valence electrons. The SMILES string of the molecule is O=C1NC(CC(Cl)CCl)C(=O)N1c1ccccc1. The summed E-state index contributed by atoms with van der Waals surface area (Å²) in [6.45, 7) is 0. The fourth-order valence-corrected chi connectivity index (χ4v) is 2.14. The largest absolute Gasteiger partial charge is 0.329 e. The van der Waals surface area contributed by atoms with Crippen molar-refractivity contribution in [2.45, 2.75) is 17.8 Å².